The van der Waals surface area contributed by atoms with Crippen LogP contribution in [0.25, 0.3) is 11.3 Å². The lowest BCUT2D eigenvalue weighted by Gasteiger charge is -2.08. The fourth-order valence-electron chi connectivity index (χ4n) is 2.66. The molecular weight excluding hydrogens is 363 g/mol. The summed E-state index contributed by atoms with van der Waals surface area (Å²) >= 11 is 0. The minimum Gasteiger partial charge on any atom is -0.497 e. The molecule has 0 saturated heterocycles. The number of aromatic nitrogens is 1. The number of aryl methyl sites for hydroxylation is 1. The number of hydrogen-bond donors (Lipinski definition) is 1. The molecule has 0 aliphatic carbocycles. The Morgan fingerprint density at radius 1 is 1.14 bits per heavy atom. The van der Waals surface area contributed by atoms with Crippen LogP contribution in [0, 0.1) is 5.82 Å². The molecule has 146 valence electrons. The number of rotatable bonds is 8. The van der Waals surface area contributed by atoms with E-state index >= 15 is 0 Å². The summed E-state index contributed by atoms with van der Waals surface area (Å²) in [6.07, 6.45) is 2.21. The van der Waals surface area contributed by atoms with Crippen molar-refractivity contribution < 1.29 is 23.1 Å². The standard InChI is InChI=1S/C21H21FN2O4/c1-26-16-7-8-17(18(11-16)27-2)19-13-24-21(28-19)10-9-20(25)23-12-14-3-5-15(22)6-4-14/h3-8,11,13H,9-10,12H2,1-2H3,(H,23,25). The maximum Gasteiger partial charge on any atom is 0.220 e. The van der Waals surface area contributed by atoms with E-state index in [-0.39, 0.29) is 18.1 Å². The molecule has 0 spiro atoms. The lowest BCUT2D eigenvalue weighted by Crippen LogP contribution is -2.23. The second-order valence-electron chi connectivity index (χ2n) is 6.09. The maximum absolute atomic E-state index is 12.9. The van der Waals surface area contributed by atoms with Crippen LogP contribution < -0.4 is 14.8 Å². The average Bonchev–Trinajstić information content (AvgIpc) is 3.20. The first kappa shape index (κ1) is 19.4. The first-order valence-electron chi connectivity index (χ1n) is 8.77. The van der Waals surface area contributed by atoms with Crippen LogP contribution in [-0.2, 0) is 17.8 Å². The summed E-state index contributed by atoms with van der Waals surface area (Å²) < 4.78 is 29.2. The SMILES string of the molecule is COc1ccc(-c2cnc(CCC(=O)NCc3ccc(F)cc3)o2)c(OC)c1. The number of hydrogen-bond acceptors (Lipinski definition) is 5. The summed E-state index contributed by atoms with van der Waals surface area (Å²) in [5, 5.41) is 2.79. The van der Waals surface area contributed by atoms with Crippen molar-refractivity contribution in [2.45, 2.75) is 19.4 Å². The number of oxazole rings is 1. The lowest BCUT2D eigenvalue weighted by molar-refractivity contribution is -0.121. The predicted molar refractivity (Wildman–Crippen MR) is 102 cm³/mol. The largest absolute Gasteiger partial charge is 0.497 e. The van der Waals surface area contributed by atoms with Crippen molar-refractivity contribution in [3.8, 4) is 22.8 Å². The van der Waals surface area contributed by atoms with Crippen molar-refractivity contribution in [2.24, 2.45) is 0 Å². The van der Waals surface area contributed by atoms with Crippen LogP contribution >= 0.6 is 0 Å². The van der Waals surface area contributed by atoms with E-state index in [1.807, 2.05) is 12.1 Å². The topological polar surface area (TPSA) is 73.6 Å². The Hall–Kier alpha value is -3.35. The molecule has 3 rings (SSSR count). The molecule has 28 heavy (non-hydrogen) atoms. The Kier molecular flexibility index (Phi) is 6.26. The van der Waals surface area contributed by atoms with Crippen LogP contribution in [0.2, 0.25) is 0 Å². The van der Waals surface area contributed by atoms with E-state index in [0.717, 1.165) is 11.1 Å². The molecule has 0 aliphatic heterocycles. The summed E-state index contributed by atoms with van der Waals surface area (Å²) in [7, 11) is 3.16. The van der Waals surface area contributed by atoms with Gasteiger partial charge in [-0.05, 0) is 29.8 Å². The number of amides is 1. The molecule has 0 saturated carbocycles. The van der Waals surface area contributed by atoms with Crippen LogP contribution in [-0.4, -0.2) is 25.1 Å². The van der Waals surface area contributed by atoms with Gasteiger partial charge < -0.3 is 19.2 Å². The second-order valence-corrected chi connectivity index (χ2v) is 6.09. The van der Waals surface area contributed by atoms with Gasteiger partial charge in [0.15, 0.2) is 11.7 Å². The lowest BCUT2D eigenvalue weighted by atomic mass is 10.1. The summed E-state index contributed by atoms with van der Waals surface area (Å²) in [5.74, 6) is 1.87. The molecular formula is C21H21FN2O4. The summed E-state index contributed by atoms with van der Waals surface area (Å²) in [6, 6.07) is 11.4. The van der Waals surface area contributed by atoms with E-state index < -0.39 is 0 Å². The summed E-state index contributed by atoms with van der Waals surface area (Å²) in [6.45, 7) is 0.346. The zero-order valence-electron chi connectivity index (χ0n) is 15.7. The van der Waals surface area contributed by atoms with Crippen molar-refractivity contribution in [2.75, 3.05) is 14.2 Å². The third-order valence-electron chi connectivity index (χ3n) is 4.20. The van der Waals surface area contributed by atoms with Gasteiger partial charge >= 0.3 is 0 Å². The Bertz CT molecular complexity index is 938. The molecule has 0 radical (unpaired) electrons. The number of nitrogens with zero attached hydrogens (tertiary/aromatic N) is 1. The number of benzene rings is 2. The first-order valence-corrected chi connectivity index (χ1v) is 8.77. The number of carbonyl (C=O) groups excluding carboxylic acids is 1. The molecule has 1 aromatic heterocycles. The van der Waals surface area contributed by atoms with Crippen LogP contribution in [0.5, 0.6) is 11.5 Å². The maximum atomic E-state index is 12.9. The molecule has 2 aromatic carbocycles. The highest BCUT2D eigenvalue weighted by atomic mass is 19.1. The molecule has 6 nitrogen and oxygen atoms in total. The fourth-order valence-corrected chi connectivity index (χ4v) is 2.66. The fraction of sp³-hybridized carbons (Fsp3) is 0.238. The molecule has 7 heteroatoms. The van der Waals surface area contributed by atoms with Gasteiger partial charge in [-0.3, -0.25) is 4.79 Å². The van der Waals surface area contributed by atoms with E-state index in [9.17, 15) is 9.18 Å². The van der Waals surface area contributed by atoms with E-state index in [4.69, 9.17) is 13.9 Å². The molecule has 0 atom stereocenters. The number of carbonyl (C=O) groups is 1. The number of halogens is 1. The normalized spacial score (nSPS) is 10.5. The van der Waals surface area contributed by atoms with Crippen LogP contribution in [0.4, 0.5) is 4.39 Å². The third-order valence-corrected chi connectivity index (χ3v) is 4.20. The molecule has 1 amide bonds. The Morgan fingerprint density at radius 2 is 1.93 bits per heavy atom. The van der Waals surface area contributed by atoms with Gasteiger partial charge in [0.05, 0.1) is 26.0 Å². The number of ether oxygens (including phenoxy) is 2. The third kappa shape index (κ3) is 4.88. The highest BCUT2D eigenvalue weighted by Gasteiger charge is 2.13. The van der Waals surface area contributed by atoms with Crippen molar-refractivity contribution in [3.63, 3.8) is 0 Å². The van der Waals surface area contributed by atoms with Crippen molar-refractivity contribution in [3.05, 3.63) is 65.9 Å². The van der Waals surface area contributed by atoms with Crippen LogP contribution in [0.1, 0.15) is 17.9 Å². The van der Waals surface area contributed by atoms with Gasteiger partial charge in [0, 0.05) is 25.5 Å². The predicted octanol–water partition coefficient (Wildman–Crippen LogP) is 3.75. The van der Waals surface area contributed by atoms with Crippen LogP contribution in [0.15, 0.2) is 53.1 Å². The molecule has 1 heterocycles. The van der Waals surface area contributed by atoms with E-state index in [0.29, 0.717) is 36.1 Å². The number of nitrogens with one attached hydrogen (secondary N) is 1. The highest BCUT2D eigenvalue weighted by Crippen LogP contribution is 2.33. The summed E-state index contributed by atoms with van der Waals surface area (Å²) in [5.41, 5.74) is 1.59. The van der Waals surface area contributed by atoms with Gasteiger partial charge in [-0.15, -0.1) is 0 Å². The molecule has 0 unspecified atom stereocenters. The van der Waals surface area contributed by atoms with Gasteiger partial charge in [0.1, 0.15) is 17.3 Å². The minimum absolute atomic E-state index is 0.133. The molecule has 0 bridgehead atoms. The van der Waals surface area contributed by atoms with Gasteiger partial charge in [0.25, 0.3) is 0 Å². The minimum atomic E-state index is -0.303. The van der Waals surface area contributed by atoms with E-state index in [1.165, 1.54) is 12.1 Å². The first-order chi connectivity index (χ1) is 13.6. The highest BCUT2D eigenvalue weighted by molar-refractivity contribution is 5.76. The molecule has 3 aromatic rings. The molecule has 0 aliphatic rings. The van der Waals surface area contributed by atoms with E-state index in [1.54, 1.807) is 38.6 Å². The Morgan fingerprint density at radius 3 is 2.64 bits per heavy atom. The van der Waals surface area contributed by atoms with Crippen molar-refractivity contribution in [1.82, 2.24) is 10.3 Å². The van der Waals surface area contributed by atoms with Gasteiger partial charge in [-0.1, -0.05) is 12.1 Å². The van der Waals surface area contributed by atoms with Gasteiger partial charge in [0.2, 0.25) is 5.91 Å². The molecule has 1 N–H and O–H groups in total. The molecule has 0 fully saturated rings. The smallest absolute Gasteiger partial charge is 0.220 e. The van der Waals surface area contributed by atoms with Crippen LogP contribution in [0.3, 0.4) is 0 Å². The zero-order chi connectivity index (χ0) is 19.9. The Balaban J connectivity index is 1.56. The van der Waals surface area contributed by atoms with Gasteiger partial charge in [-0.2, -0.15) is 0 Å². The van der Waals surface area contributed by atoms with E-state index in [2.05, 4.69) is 10.3 Å². The van der Waals surface area contributed by atoms with Crippen molar-refractivity contribution in [1.29, 1.82) is 0 Å². The number of methoxy groups -OCH3 is 2. The monoisotopic (exact) mass is 384 g/mol. The summed E-state index contributed by atoms with van der Waals surface area (Å²) in [4.78, 5) is 16.3. The van der Waals surface area contributed by atoms with Gasteiger partial charge in [-0.25, -0.2) is 9.37 Å². The zero-order valence-corrected chi connectivity index (χ0v) is 15.7. The average molecular weight is 384 g/mol. The van der Waals surface area contributed by atoms with Crippen molar-refractivity contribution >= 4 is 5.91 Å². The quantitative estimate of drug-likeness (QED) is 0.640. The Labute approximate surface area is 162 Å². The second kappa shape index (κ2) is 9.03.